The topological polar surface area (TPSA) is 117 Å². The number of nitrogens with zero attached hydrogens (tertiary/aromatic N) is 4. The average molecular weight is 578 g/mol. The van der Waals surface area contributed by atoms with Gasteiger partial charge in [0.2, 0.25) is 11.3 Å². The molecule has 2 saturated carbocycles. The standard InChI is InChI=1S/C27H24F5N5O4/c1-25(2)23(40)26(7-8-26)37(24(25)41)17-6-5-14-18(38)15(22(39)35-19(12-3-4-12)27(30,31)32)11-36(20(14)34-17)21-16(29)9-13(28)10-33-21/h5-6,9-12,19,23,40H,3-4,7-8H2,1-2H3,(H,35,39)/t19-,23?/m1/s1. The van der Waals surface area contributed by atoms with E-state index < -0.39 is 75.5 Å². The lowest BCUT2D eigenvalue weighted by molar-refractivity contribution is -0.158. The molecule has 216 valence electrons. The van der Waals surface area contributed by atoms with Crippen LogP contribution in [0.1, 0.15) is 49.9 Å². The minimum atomic E-state index is -4.76. The summed E-state index contributed by atoms with van der Waals surface area (Å²) in [5.74, 6) is -5.36. The van der Waals surface area contributed by atoms with E-state index in [0.717, 1.165) is 10.8 Å². The Kier molecular flexibility index (Phi) is 5.83. The van der Waals surface area contributed by atoms with Gasteiger partial charge in [0.1, 0.15) is 23.2 Å². The number of alkyl halides is 3. The number of nitrogens with one attached hydrogen (secondary N) is 1. The van der Waals surface area contributed by atoms with Crippen LogP contribution in [0.25, 0.3) is 16.9 Å². The summed E-state index contributed by atoms with van der Waals surface area (Å²) in [7, 11) is 0. The normalized spacial score (nSPS) is 21.9. The summed E-state index contributed by atoms with van der Waals surface area (Å²) in [6, 6.07) is 0.868. The largest absolute Gasteiger partial charge is 0.408 e. The minimum absolute atomic E-state index is 0.0309. The first-order valence-corrected chi connectivity index (χ1v) is 12.9. The Bertz CT molecular complexity index is 1680. The molecule has 2 amide bonds. The number of aliphatic hydroxyl groups is 1. The molecule has 3 aliphatic rings. The van der Waals surface area contributed by atoms with Gasteiger partial charge in [-0.1, -0.05) is 0 Å². The quantitative estimate of drug-likeness (QED) is 0.449. The second kappa shape index (κ2) is 8.78. The average Bonchev–Trinajstić information content (AvgIpc) is 3.82. The van der Waals surface area contributed by atoms with E-state index in [-0.39, 0.29) is 29.7 Å². The van der Waals surface area contributed by atoms with E-state index in [9.17, 15) is 41.4 Å². The first-order chi connectivity index (χ1) is 19.2. The van der Waals surface area contributed by atoms with Crippen LogP contribution in [-0.4, -0.2) is 55.3 Å². The van der Waals surface area contributed by atoms with Crippen LogP contribution >= 0.6 is 0 Å². The van der Waals surface area contributed by atoms with Crippen LogP contribution in [0.5, 0.6) is 0 Å². The molecule has 1 unspecified atom stereocenters. The Morgan fingerprint density at radius 2 is 1.85 bits per heavy atom. The Balaban J connectivity index is 1.53. The fraction of sp³-hybridized carbons (Fsp3) is 0.444. The van der Waals surface area contributed by atoms with Crippen LogP contribution in [0, 0.1) is 23.0 Å². The molecule has 4 heterocycles. The maximum Gasteiger partial charge on any atom is 0.408 e. The Labute approximate surface area is 229 Å². The van der Waals surface area contributed by atoms with Gasteiger partial charge in [0.25, 0.3) is 5.91 Å². The van der Waals surface area contributed by atoms with Gasteiger partial charge >= 0.3 is 6.18 Å². The Hall–Kier alpha value is -3.94. The van der Waals surface area contributed by atoms with E-state index in [2.05, 4.69) is 9.97 Å². The molecule has 2 atom stereocenters. The van der Waals surface area contributed by atoms with Crippen molar-refractivity contribution >= 4 is 28.7 Å². The van der Waals surface area contributed by atoms with Crippen LogP contribution in [-0.2, 0) is 4.79 Å². The molecule has 3 aromatic rings. The molecular weight excluding hydrogens is 553 g/mol. The number of carbonyl (C=O) groups is 2. The van der Waals surface area contributed by atoms with Crippen molar-refractivity contribution in [3.8, 4) is 5.82 Å². The number of halogens is 5. The lowest BCUT2D eigenvalue weighted by atomic mass is 9.86. The second-order valence-corrected chi connectivity index (χ2v) is 11.4. The summed E-state index contributed by atoms with van der Waals surface area (Å²) in [4.78, 5) is 49.3. The van der Waals surface area contributed by atoms with Gasteiger partial charge in [-0.25, -0.2) is 18.7 Å². The van der Waals surface area contributed by atoms with Crippen molar-refractivity contribution in [2.24, 2.45) is 11.3 Å². The van der Waals surface area contributed by atoms with Gasteiger partial charge in [0.05, 0.1) is 28.6 Å². The number of fused-ring (bicyclic) bond motifs is 1. The molecule has 3 aromatic heterocycles. The number of pyridine rings is 3. The van der Waals surface area contributed by atoms with E-state index >= 15 is 0 Å². The summed E-state index contributed by atoms with van der Waals surface area (Å²) >= 11 is 0. The number of anilines is 1. The van der Waals surface area contributed by atoms with Gasteiger partial charge in [0.15, 0.2) is 17.3 Å². The van der Waals surface area contributed by atoms with Gasteiger partial charge in [-0.05, 0) is 57.6 Å². The third kappa shape index (κ3) is 4.18. The predicted molar refractivity (Wildman–Crippen MR) is 134 cm³/mol. The van der Waals surface area contributed by atoms with Crippen LogP contribution < -0.4 is 15.6 Å². The predicted octanol–water partition coefficient (Wildman–Crippen LogP) is 3.40. The molecule has 2 N–H and O–H groups in total. The molecule has 9 nitrogen and oxygen atoms in total. The molecule has 14 heteroatoms. The van der Waals surface area contributed by atoms with E-state index in [1.165, 1.54) is 17.0 Å². The molecule has 0 radical (unpaired) electrons. The molecule has 0 aromatic carbocycles. The van der Waals surface area contributed by atoms with Crippen LogP contribution in [0.4, 0.5) is 27.8 Å². The Morgan fingerprint density at radius 3 is 2.44 bits per heavy atom. The number of carbonyl (C=O) groups excluding carboxylic acids is 2. The van der Waals surface area contributed by atoms with Crippen molar-refractivity contribution in [1.29, 1.82) is 0 Å². The van der Waals surface area contributed by atoms with Gasteiger partial charge in [-0.15, -0.1) is 0 Å². The van der Waals surface area contributed by atoms with Crippen molar-refractivity contribution in [2.45, 2.75) is 63.4 Å². The van der Waals surface area contributed by atoms with Crippen molar-refractivity contribution in [1.82, 2.24) is 19.9 Å². The first kappa shape index (κ1) is 27.2. The number of amides is 2. The zero-order valence-corrected chi connectivity index (χ0v) is 21.8. The lowest BCUT2D eigenvalue weighted by Gasteiger charge is -2.25. The molecule has 1 aliphatic heterocycles. The summed E-state index contributed by atoms with van der Waals surface area (Å²) in [5, 5.41) is 12.5. The minimum Gasteiger partial charge on any atom is -0.390 e. The number of rotatable bonds is 5. The third-order valence-electron chi connectivity index (χ3n) is 8.21. The first-order valence-electron chi connectivity index (χ1n) is 12.9. The fourth-order valence-electron chi connectivity index (χ4n) is 5.70. The maximum atomic E-state index is 15.0. The van der Waals surface area contributed by atoms with E-state index in [1.807, 2.05) is 5.32 Å². The van der Waals surface area contributed by atoms with Gasteiger partial charge in [0, 0.05) is 12.3 Å². The molecule has 3 fully saturated rings. The molecule has 0 bridgehead atoms. The van der Waals surface area contributed by atoms with Crippen LogP contribution in [0.15, 0.2) is 35.4 Å². The zero-order valence-electron chi connectivity index (χ0n) is 21.8. The zero-order chi connectivity index (χ0) is 29.6. The molecule has 1 saturated heterocycles. The van der Waals surface area contributed by atoms with Crippen LogP contribution in [0.2, 0.25) is 0 Å². The van der Waals surface area contributed by atoms with E-state index in [1.54, 1.807) is 13.8 Å². The van der Waals surface area contributed by atoms with Crippen molar-refractivity contribution in [3.05, 3.63) is 58.0 Å². The highest BCUT2D eigenvalue weighted by Gasteiger charge is 2.69. The maximum absolute atomic E-state index is 15.0. The van der Waals surface area contributed by atoms with E-state index in [0.29, 0.717) is 25.1 Å². The number of aromatic nitrogens is 3. The second-order valence-electron chi connectivity index (χ2n) is 11.4. The fourth-order valence-corrected chi connectivity index (χ4v) is 5.70. The number of hydrogen-bond acceptors (Lipinski definition) is 6. The van der Waals surface area contributed by atoms with E-state index in [4.69, 9.17) is 0 Å². The van der Waals surface area contributed by atoms with Crippen molar-refractivity contribution in [3.63, 3.8) is 0 Å². The molecule has 2 aliphatic carbocycles. The summed E-state index contributed by atoms with van der Waals surface area (Å²) in [6.07, 6.45) is -2.80. The SMILES string of the molecule is CC1(C)C(=O)N(c2ccc3c(=O)c(C(=O)N[C@H](C4CC4)C(F)(F)F)cn(-c4ncc(F)cc4F)c3n2)C2(CC2)C1O. The summed E-state index contributed by atoms with van der Waals surface area (Å²) < 4.78 is 70.3. The Morgan fingerprint density at radius 1 is 1.17 bits per heavy atom. The molecular formula is C27H24F5N5O4. The van der Waals surface area contributed by atoms with Gasteiger partial charge in [-0.2, -0.15) is 13.2 Å². The smallest absolute Gasteiger partial charge is 0.390 e. The van der Waals surface area contributed by atoms with Crippen molar-refractivity contribution < 1.29 is 36.6 Å². The van der Waals surface area contributed by atoms with Crippen molar-refractivity contribution in [2.75, 3.05) is 4.90 Å². The number of hydrogen-bond donors (Lipinski definition) is 2. The van der Waals surface area contributed by atoms with Crippen LogP contribution in [0.3, 0.4) is 0 Å². The monoisotopic (exact) mass is 577 g/mol. The number of aliphatic hydroxyl groups excluding tert-OH is 1. The highest BCUT2D eigenvalue weighted by atomic mass is 19.4. The summed E-state index contributed by atoms with van der Waals surface area (Å²) in [5.41, 5.74) is -4.06. The summed E-state index contributed by atoms with van der Waals surface area (Å²) in [6.45, 7) is 3.19. The highest BCUT2D eigenvalue weighted by Crippen LogP contribution is 2.57. The molecule has 41 heavy (non-hydrogen) atoms. The van der Waals surface area contributed by atoms with Gasteiger partial charge in [-0.3, -0.25) is 23.9 Å². The third-order valence-corrected chi connectivity index (χ3v) is 8.21. The lowest BCUT2D eigenvalue weighted by Crippen LogP contribution is -2.48. The molecule has 1 spiro atoms. The highest BCUT2D eigenvalue weighted by molar-refractivity contribution is 6.03. The molecule has 6 rings (SSSR count). The van der Waals surface area contributed by atoms with Gasteiger partial charge < -0.3 is 10.4 Å².